The number of carbonyl (C=O) groups excluding carboxylic acids is 1. The van der Waals surface area contributed by atoms with E-state index in [0.29, 0.717) is 15.6 Å². The maximum Gasteiger partial charge on any atom is 0.268 e. The van der Waals surface area contributed by atoms with E-state index in [9.17, 15) is 4.79 Å². The summed E-state index contributed by atoms with van der Waals surface area (Å²) >= 11 is 2.54. The van der Waals surface area contributed by atoms with Crippen LogP contribution in [0, 0.1) is 11.8 Å². The number of rotatable bonds is 2. The lowest BCUT2D eigenvalue weighted by atomic mass is 10.2. The number of nitrogens with one attached hydrogen (secondary N) is 1. The Morgan fingerprint density at radius 2 is 2.41 bits per heavy atom. The molecule has 0 saturated carbocycles. The number of hydrogen-bond donors (Lipinski definition) is 2. The number of carbonyl (C=O) groups is 1. The number of hydrogen-bond acceptors (Lipinski definition) is 6. The van der Waals surface area contributed by atoms with E-state index in [1.165, 1.54) is 28.2 Å². The van der Waals surface area contributed by atoms with Crippen molar-refractivity contribution >= 4 is 33.7 Å². The van der Waals surface area contributed by atoms with E-state index in [1.54, 1.807) is 11.4 Å². The molecule has 0 spiro atoms. The maximum atomic E-state index is 11.9. The molecule has 0 atom stereocenters. The smallest absolute Gasteiger partial charge is 0.268 e. The molecule has 0 unspecified atom stereocenters. The number of aromatic nitrogens is 2. The topological polar surface area (TPSA) is 75.1 Å². The van der Waals surface area contributed by atoms with E-state index in [0.717, 1.165) is 0 Å². The highest BCUT2D eigenvalue weighted by atomic mass is 32.1. The molecule has 0 aromatic carbocycles. The van der Waals surface area contributed by atoms with Gasteiger partial charge in [-0.2, -0.15) is 0 Å². The van der Waals surface area contributed by atoms with Crippen molar-refractivity contribution in [3.05, 3.63) is 27.4 Å². The Morgan fingerprint density at radius 1 is 1.53 bits per heavy atom. The SMILES string of the molecule is O=C(Nc1nncs1)c1sccc1C#CCO. The summed E-state index contributed by atoms with van der Waals surface area (Å²) in [6.45, 7) is -0.229. The number of thiophene rings is 1. The summed E-state index contributed by atoms with van der Waals surface area (Å²) < 4.78 is 0. The molecule has 0 radical (unpaired) electrons. The average molecular weight is 265 g/mol. The van der Waals surface area contributed by atoms with Crippen LogP contribution in [0.5, 0.6) is 0 Å². The van der Waals surface area contributed by atoms with Crippen molar-refractivity contribution in [1.82, 2.24) is 10.2 Å². The van der Waals surface area contributed by atoms with Crippen LogP contribution in [0.3, 0.4) is 0 Å². The molecule has 5 nitrogen and oxygen atoms in total. The third kappa shape index (κ3) is 2.88. The largest absolute Gasteiger partial charge is 0.384 e. The number of amides is 1. The molecule has 0 bridgehead atoms. The Bertz CT molecular complexity index is 566. The minimum Gasteiger partial charge on any atom is -0.384 e. The van der Waals surface area contributed by atoms with Crippen LogP contribution in [0.2, 0.25) is 0 Å². The first-order valence-electron chi connectivity index (χ1n) is 4.56. The maximum absolute atomic E-state index is 11.9. The second kappa shape index (κ2) is 5.54. The molecule has 1 amide bonds. The second-order valence-corrected chi connectivity index (χ2v) is 4.57. The van der Waals surface area contributed by atoms with Gasteiger partial charge in [0.05, 0.1) is 0 Å². The molecule has 17 heavy (non-hydrogen) atoms. The van der Waals surface area contributed by atoms with Crippen LogP contribution in [0.15, 0.2) is 17.0 Å². The van der Waals surface area contributed by atoms with Gasteiger partial charge in [0.2, 0.25) is 5.13 Å². The number of aliphatic hydroxyl groups is 1. The van der Waals surface area contributed by atoms with Gasteiger partial charge in [-0.1, -0.05) is 23.2 Å². The summed E-state index contributed by atoms with van der Waals surface area (Å²) in [5.41, 5.74) is 2.14. The number of nitrogens with zero attached hydrogens (tertiary/aromatic N) is 2. The van der Waals surface area contributed by atoms with E-state index in [2.05, 4.69) is 27.4 Å². The standard InChI is InChI=1S/C10H7N3O2S2/c14-4-1-2-7-3-5-16-8(7)9(15)12-10-13-11-6-17-10/h3,5-6,14H,4H2,(H,12,13,15). The summed E-state index contributed by atoms with van der Waals surface area (Å²) in [5, 5.41) is 20.8. The van der Waals surface area contributed by atoms with Gasteiger partial charge >= 0.3 is 0 Å². The van der Waals surface area contributed by atoms with Crippen LogP contribution in [-0.4, -0.2) is 27.8 Å². The molecule has 0 saturated heterocycles. The molecular weight excluding hydrogens is 258 g/mol. The van der Waals surface area contributed by atoms with E-state index in [1.807, 2.05) is 0 Å². The zero-order chi connectivity index (χ0) is 12.1. The zero-order valence-electron chi connectivity index (χ0n) is 8.51. The monoisotopic (exact) mass is 265 g/mol. The summed E-state index contributed by atoms with van der Waals surface area (Å²) in [4.78, 5) is 12.4. The molecule has 2 heterocycles. The fourth-order valence-corrected chi connectivity index (χ4v) is 2.28. The van der Waals surface area contributed by atoms with Crippen LogP contribution < -0.4 is 5.32 Å². The Kier molecular flexibility index (Phi) is 3.82. The lowest BCUT2D eigenvalue weighted by Crippen LogP contribution is -2.11. The van der Waals surface area contributed by atoms with Gasteiger partial charge in [0, 0.05) is 5.56 Å². The normalized spacial score (nSPS) is 9.47. The molecule has 2 aromatic heterocycles. The minimum atomic E-state index is -0.265. The van der Waals surface area contributed by atoms with E-state index < -0.39 is 0 Å². The Balaban J connectivity index is 2.17. The van der Waals surface area contributed by atoms with Crippen LogP contribution in [0.25, 0.3) is 0 Å². The Labute approximate surface area is 105 Å². The highest BCUT2D eigenvalue weighted by Gasteiger charge is 2.13. The van der Waals surface area contributed by atoms with Crippen LogP contribution in [-0.2, 0) is 0 Å². The molecule has 2 rings (SSSR count). The van der Waals surface area contributed by atoms with Crippen molar-refractivity contribution in [2.75, 3.05) is 11.9 Å². The lowest BCUT2D eigenvalue weighted by Gasteiger charge is -1.98. The molecule has 86 valence electrons. The van der Waals surface area contributed by atoms with Crippen LogP contribution in [0.1, 0.15) is 15.2 Å². The summed E-state index contributed by atoms with van der Waals surface area (Å²) in [6.07, 6.45) is 0. The van der Waals surface area contributed by atoms with Gasteiger partial charge < -0.3 is 5.11 Å². The third-order valence-corrected chi connectivity index (χ3v) is 3.27. The Morgan fingerprint density at radius 3 is 3.12 bits per heavy atom. The molecule has 2 aromatic rings. The van der Waals surface area contributed by atoms with Crippen molar-refractivity contribution in [2.24, 2.45) is 0 Å². The van der Waals surface area contributed by atoms with Crippen molar-refractivity contribution in [3.63, 3.8) is 0 Å². The van der Waals surface area contributed by atoms with Crippen molar-refractivity contribution in [3.8, 4) is 11.8 Å². The zero-order valence-corrected chi connectivity index (χ0v) is 10.1. The third-order valence-electron chi connectivity index (χ3n) is 1.75. The van der Waals surface area contributed by atoms with Crippen LogP contribution in [0.4, 0.5) is 5.13 Å². The first-order valence-corrected chi connectivity index (χ1v) is 6.32. The van der Waals surface area contributed by atoms with E-state index >= 15 is 0 Å². The molecule has 0 aliphatic carbocycles. The van der Waals surface area contributed by atoms with Gasteiger partial charge in [0.15, 0.2) is 0 Å². The Hall–Kier alpha value is -1.75. The van der Waals surface area contributed by atoms with Crippen molar-refractivity contribution in [1.29, 1.82) is 0 Å². The molecule has 0 aliphatic heterocycles. The highest BCUT2D eigenvalue weighted by Crippen LogP contribution is 2.18. The molecule has 0 fully saturated rings. The molecular formula is C10H7N3O2S2. The van der Waals surface area contributed by atoms with E-state index in [4.69, 9.17) is 5.11 Å². The molecule has 0 aliphatic rings. The molecule has 2 N–H and O–H groups in total. The van der Waals surface area contributed by atoms with Gasteiger partial charge in [0.1, 0.15) is 17.0 Å². The lowest BCUT2D eigenvalue weighted by molar-refractivity contribution is 0.103. The predicted molar refractivity (Wildman–Crippen MR) is 66.1 cm³/mol. The van der Waals surface area contributed by atoms with Gasteiger partial charge in [0.25, 0.3) is 5.91 Å². The summed E-state index contributed by atoms with van der Waals surface area (Å²) in [6, 6.07) is 1.74. The summed E-state index contributed by atoms with van der Waals surface area (Å²) in [5.74, 6) is 4.97. The predicted octanol–water partition coefficient (Wildman–Crippen LogP) is 1.20. The fraction of sp³-hybridized carbons (Fsp3) is 0.100. The van der Waals surface area contributed by atoms with Crippen molar-refractivity contribution < 1.29 is 9.90 Å². The fourth-order valence-electron chi connectivity index (χ4n) is 1.10. The molecule has 7 heteroatoms. The van der Waals surface area contributed by atoms with Crippen molar-refractivity contribution in [2.45, 2.75) is 0 Å². The quantitative estimate of drug-likeness (QED) is 0.800. The van der Waals surface area contributed by atoms with Gasteiger partial charge in [-0.15, -0.1) is 21.5 Å². The summed E-state index contributed by atoms with van der Waals surface area (Å²) in [7, 11) is 0. The average Bonchev–Trinajstić information content (AvgIpc) is 2.96. The van der Waals surface area contributed by atoms with Gasteiger partial charge in [-0.05, 0) is 11.4 Å². The number of aliphatic hydroxyl groups excluding tert-OH is 1. The highest BCUT2D eigenvalue weighted by molar-refractivity contribution is 7.14. The minimum absolute atomic E-state index is 0.229. The van der Waals surface area contributed by atoms with Crippen LogP contribution >= 0.6 is 22.7 Å². The number of anilines is 1. The first kappa shape index (κ1) is 11.7. The van der Waals surface area contributed by atoms with E-state index in [-0.39, 0.29) is 12.5 Å². The van der Waals surface area contributed by atoms with Gasteiger partial charge in [-0.25, -0.2) is 0 Å². The first-order chi connectivity index (χ1) is 8.31. The second-order valence-electron chi connectivity index (χ2n) is 2.82. The van der Waals surface area contributed by atoms with Gasteiger partial charge in [-0.3, -0.25) is 10.1 Å².